The predicted octanol–water partition coefficient (Wildman–Crippen LogP) is 1.73. The Hall–Kier alpha value is -2.87. The van der Waals surface area contributed by atoms with Crippen molar-refractivity contribution in [1.29, 1.82) is 5.26 Å². The highest BCUT2D eigenvalue weighted by Crippen LogP contribution is 2.15. The monoisotopic (exact) mass is 281 g/mol. The summed E-state index contributed by atoms with van der Waals surface area (Å²) in [7, 11) is 0. The molecular weight excluding hydrogens is 266 g/mol. The van der Waals surface area contributed by atoms with Crippen LogP contribution in [0.4, 0.5) is 0 Å². The van der Waals surface area contributed by atoms with Crippen LogP contribution in [0.25, 0.3) is 10.8 Å². The minimum absolute atomic E-state index is 0.158. The van der Waals surface area contributed by atoms with Crippen molar-refractivity contribution in [3.63, 3.8) is 0 Å². The van der Waals surface area contributed by atoms with Crippen molar-refractivity contribution in [3.8, 4) is 6.07 Å². The van der Waals surface area contributed by atoms with Gasteiger partial charge < -0.3 is 11.1 Å². The summed E-state index contributed by atoms with van der Waals surface area (Å²) in [6, 6.07) is 14.1. The first kappa shape index (κ1) is 14.5. The molecule has 0 aliphatic rings. The molecule has 0 spiro atoms. The summed E-state index contributed by atoms with van der Waals surface area (Å²) in [6.45, 7) is 0. The van der Waals surface area contributed by atoms with Crippen LogP contribution in [-0.2, 0) is 4.79 Å². The fourth-order valence-electron chi connectivity index (χ4n) is 2.07. The number of carbonyl (C=O) groups excluding carboxylic acids is 2. The van der Waals surface area contributed by atoms with Crippen molar-refractivity contribution in [1.82, 2.24) is 5.32 Å². The maximum atomic E-state index is 12.2. The summed E-state index contributed by atoms with van der Waals surface area (Å²) in [5, 5.41) is 13.1. The van der Waals surface area contributed by atoms with E-state index in [4.69, 9.17) is 11.0 Å². The first-order valence-electron chi connectivity index (χ1n) is 6.58. The molecule has 2 aromatic carbocycles. The summed E-state index contributed by atoms with van der Waals surface area (Å²) < 4.78 is 0. The third-order valence-electron chi connectivity index (χ3n) is 3.21. The number of nitrogens with two attached hydrogens (primary N) is 1. The van der Waals surface area contributed by atoms with Gasteiger partial charge in [-0.2, -0.15) is 5.26 Å². The van der Waals surface area contributed by atoms with Crippen molar-refractivity contribution in [3.05, 3.63) is 48.0 Å². The highest BCUT2D eigenvalue weighted by atomic mass is 16.2. The van der Waals surface area contributed by atoms with Crippen molar-refractivity contribution >= 4 is 22.6 Å². The molecule has 1 atom stereocenters. The number of fused-ring (bicyclic) bond motifs is 1. The highest BCUT2D eigenvalue weighted by Gasteiger charge is 2.18. The van der Waals surface area contributed by atoms with Crippen LogP contribution in [0.15, 0.2) is 42.5 Å². The molecule has 0 saturated heterocycles. The number of carbonyl (C=O) groups is 2. The van der Waals surface area contributed by atoms with Gasteiger partial charge in [-0.15, -0.1) is 0 Å². The number of nitrogens with zero attached hydrogens (tertiary/aromatic N) is 1. The van der Waals surface area contributed by atoms with E-state index in [2.05, 4.69) is 5.32 Å². The second kappa shape index (κ2) is 6.53. The van der Waals surface area contributed by atoms with Gasteiger partial charge in [0.15, 0.2) is 0 Å². The van der Waals surface area contributed by atoms with Gasteiger partial charge in [0, 0.05) is 12.0 Å². The Morgan fingerprint density at radius 3 is 2.57 bits per heavy atom. The average molecular weight is 281 g/mol. The standard InChI is InChI=1S/C16H15N3O2/c17-9-3-6-14(15(18)20)19-16(21)13-8-7-11-4-1-2-5-12(11)10-13/h1-2,4-5,7-8,10,14H,3,6H2,(H2,18,20)(H,19,21)/t14-/m1/s1. The van der Waals surface area contributed by atoms with Crippen LogP contribution in [0, 0.1) is 11.3 Å². The molecule has 0 aliphatic carbocycles. The summed E-state index contributed by atoms with van der Waals surface area (Å²) in [4.78, 5) is 23.4. The smallest absolute Gasteiger partial charge is 0.251 e. The summed E-state index contributed by atoms with van der Waals surface area (Å²) in [6.07, 6.45) is 0.372. The van der Waals surface area contributed by atoms with Gasteiger partial charge in [0.1, 0.15) is 6.04 Å². The fraction of sp³-hybridized carbons (Fsp3) is 0.188. The lowest BCUT2D eigenvalue weighted by molar-refractivity contribution is -0.119. The first-order chi connectivity index (χ1) is 10.1. The summed E-state index contributed by atoms with van der Waals surface area (Å²) in [5.41, 5.74) is 5.69. The number of nitrogens with one attached hydrogen (secondary N) is 1. The Morgan fingerprint density at radius 1 is 1.19 bits per heavy atom. The minimum atomic E-state index is -0.830. The largest absolute Gasteiger partial charge is 0.368 e. The maximum Gasteiger partial charge on any atom is 0.251 e. The highest BCUT2D eigenvalue weighted by molar-refractivity contribution is 6.00. The van der Waals surface area contributed by atoms with Crippen LogP contribution in [0.1, 0.15) is 23.2 Å². The van der Waals surface area contributed by atoms with Crippen LogP contribution in [-0.4, -0.2) is 17.9 Å². The van der Waals surface area contributed by atoms with E-state index in [0.717, 1.165) is 10.8 Å². The van der Waals surface area contributed by atoms with Crippen LogP contribution < -0.4 is 11.1 Å². The Morgan fingerprint density at radius 2 is 1.90 bits per heavy atom. The second-order valence-corrected chi connectivity index (χ2v) is 4.69. The molecule has 2 aromatic rings. The molecule has 0 fully saturated rings. The van der Waals surface area contributed by atoms with Crippen molar-refractivity contribution in [2.24, 2.45) is 5.73 Å². The molecule has 2 rings (SSSR count). The van der Waals surface area contributed by atoms with E-state index in [0.29, 0.717) is 5.56 Å². The molecule has 0 aliphatic heterocycles. The lowest BCUT2D eigenvalue weighted by atomic mass is 10.1. The number of primary amides is 1. The van der Waals surface area contributed by atoms with Crippen molar-refractivity contribution in [2.45, 2.75) is 18.9 Å². The normalized spacial score (nSPS) is 11.6. The van der Waals surface area contributed by atoms with E-state index in [1.54, 1.807) is 12.1 Å². The number of benzene rings is 2. The Balaban J connectivity index is 2.17. The number of hydrogen-bond donors (Lipinski definition) is 2. The molecule has 0 radical (unpaired) electrons. The third-order valence-corrected chi connectivity index (χ3v) is 3.21. The van der Waals surface area contributed by atoms with E-state index < -0.39 is 11.9 Å². The minimum Gasteiger partial charge on any atom is -0.368 e. The van der Waals surface area contributed by atoms with Gasteiger partial charge in [0.2, 0.25) is 5.91 Å². The van der Waals surface area contributed by atoms with Crippen LogP contribution in [0.3, 0.4) is 0 Å². The number of rotatable bonds is 5. The molecule has 106 valence electrons. The molecule has 0 heterocycles. The molecule has 0 saturated carbocycles. The second-order valence-electron chi connectivity index (χ2n) is 4.69. The zero-order valence-electron chi connectivity index (χ0n) is 11.4. The Bertz CT molecular complexity index is 719. The van der Waals surface area contributed by atoms with Gasteiger partial charge >= 0.3 is 0 Å². The van der Waals surface area contributed by atoms with Crippen LogP contribution in [0.2, 0.25) is 0 Å². The molecule has 2 amide bonds. The molecule has 0 bridgehead atoms. The van der Waals surface area contributed by atoms with Gasteiger partial charge in [-0.25, -0.2) is 0 Å². The quantitative estimate of drug-likeness (QED) is 0.873. The lowest BCUT2D eigenvalue weighted by Gasteiger charge is -2.14. The van der Waals surface area contributed by atoms with E-state index >= 15 is 0 Å². The molecule has 3 N–H and O–H groups in total. The Labute approximate surface area is 122 Å². The SMILES string of the molecule is N#CCC[C@@H](NC(=O)c1ccc2ccccc2c1)C(N)=O. The average Bonchev–Trinajstić information content (AvgIpc) is 2.50. The predicted molar refractivity (Wildman–Crippen MR) is 79.2 cm³/mol. The fourth-order valence-corrected chi connectivity index (χ4v) is 2.07. The molecule has 21 heavy (non-hydrogen) atoms. The van der Waals surface area contributed by atoms with Gasteiger partial charge in [-0.1, -0.05) is 30.3 Å². The van der Waals surface area contributed by atoms with E-state index in [-0.39, 0.29) is 18.7 Å². The summed E-state index contributed by atoms with van der Waals surface area (Å²) >= 11 is 0. The lowest BCUT2D eigenvalue weighted by Crippen LogP contribution is -2.44. The topological polar surface area (TPSA) is 96.0 Å². The van der Waals surface area contributed by atoms with E-state index in [1.807, 2.05) is 36.4 Å². The first-order valence-corrected chi connectivity index (χ1v) is 6.58. The molecule has 0 aromatic heterocycles. The van der Waals surface area contributed by atoms with Crippen molar-refractivity contribution < 1.29 is 9.59 Å². The van der Waals surface area contributed by atoms with Gasteiger partial charge in [-0.3, -0.25) is 9.59 Å². The van der Waals surface area contributed by atoms with E-state index in [9.17, 15) is 9.59 Å². The zero-order chi connectivity index (χ0) is 15.2. The van der Waals surface area contributed by atoms with Crippen LogP contribution >= 0.6 is 0 Å². The maximum absolute atomic E-state index is 12.2. The van der Waals surface area contributed by atoms with Gasteiger partial charge in [0.05, 0.1) is 6.07 Å². The summed E-state index contributed by atoms with van der Waals surface area (Å²) in [5.74, 6) is -1.01. The van der Waals surface area contributed by atoms with Crippen LogP contribution in [0.5, 0.6) is 0 Å². The molecule has 0 unspecified atom stereocenters. The van der Waals surface area contributed by atoms with Crippen molar-refractivity contribution in [2.75, 3.05) is 0 Å². The molecule has 5 heteroatoms. The van der Waals surface area contributed by atoms with Gasteiger partial charge in [0.25, 0.3) is 5.91 Å². The number of hydrogen-bond acceptors (Lipinski definition) is 3. The third kappa shape index (κ3) is 3.57. The molecular formula is C16H15N3O2. The zero-order valence-corrected chi connectivity index (χ0v) is 11.4. The molecule has 5 nitrogen and oxygen atoms in total. The Kier molecular flexibility index (Phi) is 4.52. The van der Waals surface area contributed by atoms with E-state index in [1.165, 1.54) is 0 Å². The number of amides is 2. The number of nitriles is 1. The van der Waals surface area contributed by atoms with Gasteiger partial charge in [-0.05, 0) is 29.3 Å².